The Morgan fingerprint density at radius 3 is 2.38 bits per heavy atom. The third-order valence-corrected chi connectivity index (χ3v) is 1.80. The van der Waals surface area contributed by atoms with Gasteiger partial charge in [0.05, 0.1) is 0 Å². The Hall–Kier alpha value is -0.900. The van der Waals surface area contributed by atoms with Gasteiger partial charge in [-0.1, -0.05) is 13.8 Å². The normalized spacial score (nSPS) is 11.1. The monoisotopic (exact) mass is 183 g/mol. The summed E-state index contributed by atoms with van der Waals surface area (Å²) in [6.07, 6.45) is 2.63. The molecule has 0 spiro atoms. The van der Waals surface area contributed by atoms with Crippen LogP contribution in [0.1, 0.15) is 32.0 Å². The summed E-state index contributed by atoms with van der Waals surface area (Å²) in [6.45, 7) is 4.92. The molecule has 4 heteroatoms. The zero-order valence-electron chi connectivity index (χ0n) is 8.29. The van der Waals surface area contributed by atoms with Crippen LogP contribution < -0.4 is 5.73 Å². The van der Waals surface area contributed by atoms with Gasteiger partial charge in [-0.3, -0.25) is 0 Å². The second kappa shape index (κ2) is 4.97. The smallest absolute Gasteiger partial charge is 0.217 e. The van der Waals surface area contributed by atoms with Crippen molar-refractivity contribution in [1.29, 1.82) is 0 Å². The van der Waals surface area contributed by atoms with Gasteiger partial charge >= 0.3 is 0 Å². The molecule has 13 heavy (non-hydrogen) atoms. The molecule has 2 N–H and O–H groups in total. The van der Waals surface area contributed by atoms with Crippen molar-refractivity contribution in [1.82, 2.24) is 10.2 Å². The average molecular weight is 183 g/mol. The van der Waals surface area contributed by atoms with Crippen LogP contribution >= 0.6 is 0 Å². The predicted molar refractivity (Wildman–Crippen MR) is 50.2 cm³/mol. The summed E-state index contributed by atoms with van der Waals surface area (Å²) in [5.74, 6) is 2.06. The molecule has 0 fully saturated rings. The first-order chi connectivity index (χ1) is 6.22. The van der Waals surface area contributed by atoms with Crippen LogP contribution in [0.25, 0.3) is 0 Å². The highest BCUT2D eigenvalue weighted by Crippen LogP contribution is 2.07. The molecular weight excluding hydrogens is 166 g/mol. The van der Waals surface area contributed by atoms with E-state index in [1.54, 1.807) is 0 Å². The topological polar surface area (TPSA) is 64.9 Å². The molecule has 0 saturated carbocycles. The molecule has 0 amide bonds. The molecule has 0 bridgehead atoms. The number of aromatic nitrogens is 2. The molecule has 4 nitrogen and oxygen atoms in total. The summed E-state index contributed by atoms with van der Waals surface area (Å²) < 4.78 is 5.37. The molecule has 1 aromatic heterocycles. The Morgan fingerprint density at radius 1 is 1.23 bits per heavy atom. The van der Waals surface area contributed by atoms with Crippen molar-refractivity contribution in [2.24, 2.45) is 11.7 Å². The highest BCUT2D eigenvalue weighted by molar-refractivity contribution is 4.82. The minimum atomic E-state index is 0.561. The van der Waals surface area contributed by atoms with Gasteiger partial charge in [0.25, 0.3) is 0 Å². The molecule has 0 saturated heterocycles. The zero-order valence-corrected chi connectivity index (χ0v) is 8.29. The molecule has 0 unspecified atom stereocenters. The third kappa shape index (κ3) is 3.55. The van der Waals surface area contributed by atoms with E-state index in [0.29, 0.717) is 24.8 Å². The lowest BCUT2D eigenvalue weighted by Crippen LogP contribution is -2.02. The molecular formula is C9H17N3O. The van der Waals surface area contributed by atoms with Crippen LogP contribution in [-0.2, 0) is 12.8 Å². The van der Waals surface area contributed by atoms with Gasteiger partial charge in [0.15, 0.2) is 0 Å². The van der Waals surface area contributed by atoms with Gasteiger partial charge < -0.3 is 10.2 Å². The summed E-state index contributed by atoms with van der Waals surface area (Å²) >= 11 is 0. The molecule has 74 valence electrons. The maximum Gasteiger partial charge on any atom is 0.217 e. The molecule has 1 heterocycles. The van der Waals surface area contributed by atoms with Gasteiger partial charge in [-0.05, 0) is 12.3 Å². The number of nitrogens with two attached hydrogens (primary N) is 1. The average Bonchev–Trinajstić information content (AvgIpc) is 2.50. The fraction of sp³-hybridized carbons (Fsp3) is 0.778. The van der Waals surface area contributed by atoms with Gasteiger partial charge in [-0.25, -0.2) is 0 Å². The number of hydrogen-bond donors (Lipinski definition) is 1. The van der Waals surface area contributed by atoms with E-state index >= 15 is 0 Å². The van der Waals surface area contributed by atoms with Crippen molar-refractivity contribution in [2.75, 3.05) is 6.54 Å². The summed E-state index contributed by atoms with van der Waals surface area (Å²) in [4.78, 5) is 0. The highest BCUT2D eigenvalue weighted by Gasteiger charge is 2.05. The van der Waals surface area contributed by atoms with E-state index in [9.17, 15) is 0 Å². The fourth-order valence-electron chi connectivity index (χ4n) is 1.03. The standard InChI is InChI=1S/C9H17N3O/c1-7(2)3-4-8-11-12-9(13-8)5-6-10/h7H,3-6,10H2,1-2H3. The van der Waals surface area contributed by atoms with Crippen molar-refractivity contribution in [3.63, 3.8) is 0 Å². The summed E-state index contributed by atoms with van der Waals surface area (Å²) in [5.41, 5.74) is 5.36. The van der Waals surface area contributed by atoms with Crippen molar-refractivity contribution in [3.05, 3.63) is 11.8 Å². The van der Waals surface area contributed by atoms with Crippen LogP contribution in [0.4, 0.5) is 0 Å². The van der Waals surface area contributed by atoms with Crippen molar-refractivity contribution < 1.29 is 4.42 Å². The van der Waals surface area contributed by atoms with Crippen molar-refractivity contribution in [2.45, 2.75) is 33.1 Å². The van der Waals surface area contributed by atoms with Crippen molar-refractivity contribution in [3.8, 4) is 0 Å². The molecule has 0 atom stereocenters. The zero-order chi connectivity index (χ0) is 9.68. The molecule has 0 radical (unpaired) electrons. The molecule has 0 aromatic carbocycles. The van der Waals surface area contributed by atoms with Gasteiger partial charge in [0.2, 0.25) is 11.8 Å². The quantitative estimate of drug-likeness (QED) is 0.744. The van der Waals surface area contributed by atoms with Gasteiger partial charge in [-0.2, -0.15) is 0 Å². The van der Waals surface area contributed by atoms with Crippen LogP contribution in [-0.4, -0.2) is 16.7 Å². The predicted octanol–water partition coefficient (Wildman–Crippen LogP) is 1.16. The molecule has 1 rings (SSSR count). The Kier molecular flexibility index (Phi) is 3.89. The number of nitrogens with zero attached hydrogens (tertiary/aromatic N) is 2. The molecule has 0 aliphatic rings. The van der Waals surface area contributed by atoms with E-state index in [4.69, 9.17) is 10.2 Å². The maximum atomic E-state index is 5.37. The van der Waals surface area contributed by atoms with Crippen LogP contribution in [0, 0.1) is 5.92 Å². The van der Waals surface area contributed by atoms with Crippen molar-refractivity contribution >= 4 is 0 Å². The Bertz CT molecular complexity index is 245. The Balaban J connectivity index is 2.39. The Labute approximate surface area is 78.5 Å². The second-order valence-corrected chi connectivity index (χ2v) is 3.56. The van der Waals surface area contributed by atoms with Crippen LogP contribution in [0.3, 0.4) is 0 Å². The first-order valence-corrected chi connectivity index (χ1v) is 4.73. The van der Waals surface area contributed by atoms with Crippen LogP contribution in [0.5, 0.6) is 0 Å². The van der Waals surface area contributed by atoms with Crippen LogP contribution in [0.2, 0.25) is 0 Å². The van der Waals surface area contributed by atoms with E-state index in [2.05, 4.69) is 24.0 Å². The number of aryl methyl sites for hydroxylation is 1. The minimum absolute atomic E-state index is 0.561. The van der Waals surface area contributed by atoms with E-state index in [-0.39, 0.29) is 0 Å². The maximum absolute atomic E-state index is 5.37. The van der Waals surface area contributed by atoms with Crippen LogP contribution in [0.15, 0.2) is 4.42 Å². The van der Waals surface area contributed by atoms with E-state index in [1.807, 2.05) is 0 Å². The molecule has 0 aliphatic heterocycles. The minimum Gasteiger partial charge on any atom is -0.425 e. The largest absolute Gasteiger partial charge is 0.425 e. The SMILES string of the molecule is CC(C)CCc1nnc(CCN)o1. The first kappa shape index (κ1) is 10.2. The molecule has 0 aliphatic carbocycles. The van der Waals surface area contributed by atoms with E-state index < -0.39 is 0 Å². The number of hydrogen-bond acceptors (Lipinski definition) is 4. The molecule has 1 aromatic rings. The highest BCUT2D eigenvalue weighted by atomic mass is 16.4. The second-order valence-electron chi connectivity index (χ2n) is 3.56. The van der Waals surface area contributed by atoms with Gasteiger partial charge in [-0.15, -0.1) is 10.2 Å². The van der Waals surface area contributed by atoms with Gasteiger partial charge in [0.1, 0.15) is 0 Å². The number of rotatable bonds is 5. The van der Waals surface area contributed by atoms with E-state index in [1.165, 1.54) is 0 Å². The third-order valence-electron chi connectivity index (χ3n) is 1.80. The summed E-state index contributed by atoms with van der Waals surface area (Å²) in [7, 11) is 0. The summed E-state index contributed by atoms with van der Waals surface area (Å²) in [5, 5.41) is 7.82. The lowest BCUT2D eigenvalue weighted by atomic mass is 10.1. The fourth-order valence-corrected chi connectivity index (χ4v) is 1.03. The lowest BCUT2D eigenvalue weighted by Gasteiger charge is -1.98. The van der Waals surface area contributed by atoms with E-state index in [0.717, 1.165) is 18.7 Å². The summed E-state index contributed by atoms with van der Waals surface area (Å²) in [6, 6.07) is 0. The van der Waals surface area contributed by atoms with Gasteiger partial charge in [0, 0.05) is 19.4 Å². The Morgan fingerprint density at radius 2 is 1.85 bits per heavy atom. The first-order valence-electron chi connectivity index (χ1n) is 4.73. The lowest BCUT2D eigenvalue weighted by molar-refractivity contribution is 0.430.